The molecule has 0 atom stereocenters. The molecule has 0 saturated carbocycles. The van der Waals surface area contributed by atoms with Crippen molar-refractivity contribution in [1.29, 1.82) is 0 Å². The Hall–Kier alpha value is -3.15. The van der Waals surface area contributed by atoms with Gasteiger partial charge in [-0.2, -0.15) is 4.99 Å². The second-order valence-electron chi connectivity index (χ2n) is 6.17. The molecular weight excluding hydrogens is 390 g/mol. The van der Waals surface area contributed by atoms with Crippen molar-refractivity contribution in [3.05, 3.63) is 59.7 Å². The lowest BCUT2D eigenvalue weighted by molar-refractivity contribution is -0.141. The van der Waals surface area contributed by atoms with Crippen molar-refractivity contribution < 1.29 is 23.9 Å². The molecule has 7 heteroatoms. The van der Waals surface area contributed by atoms with Gasteiger partial charge in [0.2, 0.25) is 0 Å². The van der Waals surface area contributed by atoms with E-state index in [1.54, 1.807) is 48.5 Å². The van der Waals surface area contributed by atoms with Crippen LogP contribution in [0.1, 0.15) is 41.6 Å². The summed E-state index contributed by atoms with van der Waals surface area (Å²) in [6, 6.07) is 13.6. The standard InChI is InChI=1S/C22H21NO5S/c1-27-21(25)13-10-19(24)3-2-14-28-20-11-6-17(7-12-20)22(26)16-4-8-18(9-5-16)23-15-29/h4-9,11-12H,2-3,10,13-14H2,1H3. The van der Waals surface area contributed by atoms with Crippen LogP contribution in [0.4, 0.5) is 5.69 Å². The van der Waals surface area contributed by atoms with Crippen LogP contribution < -0.4 is 4.74 Å². The highest BCUT2D eigenvalue weighted by Crippen LogP contribution is 2.18. The van der Waals surface area contributed by atoms with Gasteiger partial charge >= 0.3 is 5.97 Å². The molecule has 0 bridgehead atoms. The summed E-state index contributed by atoms with van der Waals surface area (Å²) >= 11 is 4.55. The molecule has 29 heavy (non-hydrogen) atoms. The summed E-state index contributed by atoms with van der Waals surface area (Å²) in [6.45, 7) is 0.374. The van der Waals surface area contributed by atoms with Crippen molar-refractivity contribution in [3.8, 4) is 5.75 Å². The van der Waals surface area contributed by atoms with Crippen LogP contribution in [0.2, 0.25) is 0 Å². The summed E-state index contributed by atoms with van der Waals surface area (Å²) in [7, 11) is 1.30. The van der Waals surface area contributed by atoms with Crippen molar-refractivity contribution in [1.82, 2.24) is 0 Å². The molecule has 0 heterocycles. The van der Waals surface area contributed by atoms with Gasteiger partial charge in [-0.3, -0.25) is 14.4 Å². The predicted molar refractivity (Wildman–Crippen MR) is 112 cm³/mol. The summed E-state index contributed by atoms with van der Waals surface area (Å²) < 4.78 is 10.1. The van der Waals surface area contributed by atoms with Crippen LogP contribution in [0.5, 0.6) is 5.75 Å². The maximum atomic E-state index is 12.5. The van der Waals surface area contributed by atoms with Crippen LogP contribution in [0.15, 0.2) is 53.5 Å². The van der Waals surface area contributed by atoms with Crippen molar-refractivity contribution in [2.75, 3.05) is 13.7 Å². The Morgan fingerprint density at radius 1 is 0.931 bits per heavy atom. The van der Waals surface area contributed by atoms with Gasteiger partial charge in [0.1, 0.15) is 11.5 Å². The highest BCUT2D eigenvalue weighted by Gasteiger charge is 2.10. The van der Waals surface area contributed by atoms with Gasteiger partial charge in [-0.15, -0.1) is 0 Å². The van der Waals surface area contributed by atoms with Crippen molar-refractivity contribution >= 4 is 40.6 Å². The van der Waals surface area contributed by atoms with Crippen molar-refractivity contribution in [2.45, 2.75) is 25.7 Å². The first-order valence-electron chi connectivity index (χ1n) is 9.07. The minimum Gasteiger partial charge on any atom is -0.494 e. The number of Topliss-reactive ketones (excluding diaryl/α,β-unsaturated/α-hetero) is 1. The van der Waals surface area contributed by atoms with E-state index in [0.29, 0.717) is 42.0 Å². The number of ketones is 2. The first kappa shape index (κ1) is 22.1. The fraction of sp³-hybridized carbons (Fsp3) is 0.273. The second kappa shape index (κ2) is 11.6. The minimum atomic E-state index is -0.386. The zero-order valence-electron chi connectivity index (χ0n) is 16.1. The first-order chi connectivity index (χ1) is 14.0. The van der Waals surface area contributed by atoms with Crippen molar-refractivity contribution in [3.63, 3.8) is 0 Å². The third kappa shape index (κ3) is 7.41. The lowest BCUT2D eigenvalue weighted by atomic mass is 10.0. The molecule has 2 aromatic carbocycles. The molecule has 0 fully saturated rings. The molecular formula is C22H21NO5S. The number of methoxy groups -OCH3 is 1. The third-order valence-corrected chi connectivity index (χ3v) is 4.22. The number of hydrogen-bond donors (Lipinski definition) is 0. The van der Waals surface area contributed by atoms with E-state index in [0.717, 1.165) is 0 Å². The van der Waals surface area contributed by atoms with Crippen LogP contribution >= 0.6 is 12.2 Å². The minimum absolute atomic E-state index is 0.00209. The lowest BCUT2D eigenvalue weighted by Crippen LogP contribution is -2.07. The Morgan fingerprint density at radius 2 is 1.55 bits per heavy atom. The van der Waals surface area contributed by atoms with E-state index in [9.17, 15) is 14.4 Å². The fourth-order valence-corrected chi connectivity index (χ4v) is 2.64. The number of hydrogen-bond acceptors (Lipinski definition) is 7. The molecule has 0 aliphatic heterocycles. The fourth-order valence-electron chi connectivity index (χ4n) is 2.54. The molecule has 0 saturated heterocycles. The molecule has 0 aliphatic carbocycles. The molecule has 0 unspecified atom stereocenters. The van der Waals surface area contributed by atoms with E-state index < -0.39 is 0 Å². The molecule has 0 aliphatic rings. The summed E-state index contributed by atoms with van der Waals surface area (Å²) in [4.78, 5) is 39.0. The SMILES string of the molecule is COC(=O)CCC(=O)CCCOc1ccc(C(=O)c2ccc(N=C=S)cc2)cc1. The van der Waals surface area contributed by atoms with Gasteiger partial charge < -0.3 is 9.47 Å². The molecule has 0 spiro atoms. The van der Waals surface area contributed by atoms with Crippen LogP contribution in [0, 0.1) is 0 Å². The number of benzene rings is 2. The quantitative estimate of drug-likeness (QED) is 0.180. The first-order valence-corrected chi connectivity index (χ1v) is 9.48. The number of isothiocyanates is 1. The van der Waals surface area contributed by atoms with Gasteiger partial charge in [0.25, 0.3) is 0 Å². The van der Waals surface area contributed by atoms with Crippen LogP contribution in [0.3, 0.4) is 0 Å². The van der Waals surface area contributed by atoms with Crippen LogP contribution in [0.25, 0.3) is 0 Å². The maximum absolute atomic E-state index is 12.5. The number of nitrogens with zero attached hydrogens (tertiary/aromatic N) is 1. The molecule has 2 aromatic rings. The Kier molecular flexibility index (Phi) is 8.89. The number of carbonyl (C=O) groups is 3. The highest BCUT2D eigenvalue weighted by molar-refractivity contribution is 7.78. The number of carbonyl (C=O) groups excluding carboxylic acids is 3. The monoisotopic (exact) mass is 411 g/mol. The van der Waals surface area contributed by atoms with Gasteiger partial charge in [0.05, 0.1) is 31.0 Å². The van der Waals surface area contributed by atoms with E-state index in [1.165, 1.54) is 7.11 Å². The van der Waals surface area contributed by atoms with E-state index in [1.807, 2.05) is 0 Å². The van der Waals surface area contributed by atoms with Gasteiger partial charge in [-0.25, -0.2) is 0 Å². The van der Waals surface area contributed by atoms with E-state index in [-0.39, 0.29) is 30.4 Å². The summed E-state index contributed by atoms with van der Waals surface area (Å²) in [6.07, 6.45) is 1.18. The van der Waals surface area contributed by atoms with Crippen LogP contribution in [-0.2, 0) is 14.3 Å². The number of ether oxygens (including phenoxy) is 2. The summed E-state index contributed by atoms with van der Waals surface area (Å²) in [5, 5.41) is 2.28. The normalized spacial score (nSPS) is 9.97. The second-order valence-corrected chi connectivity index (χ2v) is 6.35. The van der Waals surface area contributed by atoms with Crippen molar-refractivity contribution in [2.24, 2.45) is 4.99 Å². The highest BCUT2D eigenvalue weighted by atomic mass is 32.1. The average Bonchev–Trinajstić information content (AvgIpc) is 2.75. The molecule has 0 radical (unpaired) electrons. The topological polar surface area (TPSA) is 82.0 Å². The lowest BCUT2D eigenvalue weighted by Gasteiger charge is -2.07. The summed E-state index contributed by atoms with van der Waals surface area (Å²) in [5.74, 6) is 0.130. The largest absolute Gasteiger partial charge is 0.494 e. The van der Waals surface area contributed by atoms with E-state index in [2.05, 4.69) is 27.1 Å². The number of aliphatic imine (C=N–C) groups is 1. The molecule has 0 amide bonds. The molecule has 2 rings (SSSR count). The number of esters is 1. The molecule has 0 N–H and O–H groups in total. The maximum Gasteiger partial charge on any atom is 0.305 e. The van der Waals surface area contributed by atoms with Gasteiger partial charge in [-0.1, -0.05) is 0 Å². The Morgan fingerprint density at radius 3 is 2.14 bits per heavy atom. The predicted octanol–water partition coefficient (Wildman–Crippen LogP) is 4.33. The zero-order valence-corrected chi connectivity index (χ0v) is 16.9. The van der Waals surface area contributed by atoms with Crippen LogP contribution in [-0.4, -0.2) is 36.4 Å². The number of thiocarbonyl (C=S) groups is 1. The van der Waals surface area contributed by atoms with E-state index in [4.69, 9.17) is 4.74 Å². The number of rotatable bonds is 11. The Bertz CT molecular complexity index is 900. The zero-order chi connectivity index (χ0) is 21.1. The smallest absolute Gasteiger partial charge is 0.305 e. The summed E-state index contributed by atoms with van der Waals surface area (Å²) in [5.41, 5.74) is 1.73. The van der Waals surface area contributed by atoms with Gasteiger partial charge in [0, 0.05) is 24.0 Å². The Labute approximate surface area is 174 Å². The van der Waals surface area contributed by atoms with E-state index >= 15 is 0 Å². The average molecular weight is 411 g/mol. The Balaban J connectivity index is 1.79. The van der Waals surface area contributed by atoms with Gasteiger partial charge in [0.15, 0.2) is 5.78 Å². The third-order valence-electron chi connectivity index (χ3n) is 4.13. The molecule has 0 aromatic heterocycles. The molecule has 150 valence electrons. The van der Waals surface area contributed by atoms with Gasteiger partial charge in [-0.05, 0) is 67.2 Å². The molecule has 6 nitrogen and oxygen atoms in total.